The molecule has 2 N–H and O–H groups in total. The van der Waals surface area contributed by atoms with Gasteiger partial charge in [-0.2, -0.15) is 0 Å². The Morgan fingerprint density at radius 1 is 0.920 bits per heavy atom. The van der Waals surface area contributed by atoms with Crippen LogP contribution in [0.15, 0.2) is 36.4 Å². The van der Waals surface area contributed by atoms with Crippen molar-refractivity contribution in [3.63, 3.8) is 0 Å². The minimum absolute atomic E-state index is 0.144. The first kappa shape index (κ1) is 17.3. The molecule has 0 saturated carbocycles. The molecule has 0 bridgehead atoms. The van der Waals surface area contributed by atoms with Crippen molar-refractivity contribution in [1.82, 2.24) is 0 Å². The zero-order valence-electron chi connectivity index (χ0n) is 12.1. The number of non-ortho nitro benzene ring substituents is 1. The number of hydrogen-bond acceptors (Lipinski definition) is 8. The Balaban J connectivity index is 2.63. The number of anilines is 1. The third-order valence-electron chi connectivity index (χ3n) is 3.07. The maximum absolute atomic E-state index is 12.3. The van der Waals surface area contributed by atoms with Crippen LogP contribution in [0.5, 0.6) is 5.75 Å². The van der Waals surface area contributed by atoms with Crippen LogP contribution in [0.25, 0.3) is 0 Å². The summed E-state index contributed by atoms with van der Waals surface area (Å²) in [6.07, 6.45) is 0. The fourth-order valence-corrected chi connectivity index (χ4v) is 1.99. The van der Waals surface area contributed by atoms with Crippen molar-refractivity contribution in [2.75, 3.05) is 5.32 Å². The Hall–Kier alpha value is -4.09. The number of benzene rings is 2. The molecular weight excluding hydrogens is 340 g/mol. The lowest BCUT2D eigenvalue weighted by Gasteiger charge is -2.08. The molecule has 2 rings (SSSR count). The molecule has 0 aliphatic heterocycles. The number of carbonyl (C=O) groups excluding carboxylic acids is 1. The van der Waals surface area contributed by atoms with E-state index in [9.17, 15) is 40.2 Å². The Bertz CT molecular complexity index is 876. The maximum Gasteiger partial charge on any atom is 0.296 e. The predicted octanol–water partition coefficient (Wildman–Crippen LogP) is 2.37. The molecule has 0 aliphatic rings. The monoisotopic (exact) mass is 348 g/mol. The van der Waals surface area contributed by atoms with Gasteiger partial charge in [0.05, 0.1) is 32.6 Å². The SMILES string of the molecule is O=C(Nc1ccccc1O)c1c([N+](=O)[O-])cc([N+](=O)[O-])cc1[N+](=O)[O-]. The second kappa shape index (κ2) is 6.57. The van der Waals surface area contributed by atoms with Gasteiger partial charge in [-0.25, -0.2) is 0 Å². The molecule has 0 heterocycles. The number of nitro benzene ring substituents is 3. The zero-order chi connectivity index (χ0) is 18.7. The average molecular weight is 348 g/mol. The molecule has 25 heavy (non-hydrogen) atoms. The smallest absolute Gasteiger partial charge is 0.296 e. The van der Waals surface area contributed by atoms with Crippen LogP contribution in [0.4, 0.5) is 22.7 Å². The number of amides is 1. The van der Waals surface area contributed by atoms with Crippen LogP contribution in [0, 0.1) is 30.3 Å². The summed E-state index contributed by atoms with van der Waals surface area (Å²) in [4.78, 5) is 42.0. The summed E-state index contributed by atoms with van der Waals surface area (Å²) in [6.45, 7) is 0. The van der Waals surface area contributed by atoms with Crippen molar-refractivity contribution >= 4 is 28.7 Å². The van der Waals surface area contributed by atoms with Crippen LogP contribution in [0.1, 0.15) is 10.4 Å². The zero-order valence-corrected chi connectivity index (χ0v) is 12.1. The Morgan fingerprint density at radius 3 is 1.88 bits per heavy atom. The Kier molecular flexibility index (Phi) is 4.54. The van der Waals surface area contributed by atoms with Crippen molar-refractivity contribution in [2.45, 2.75) is 0 Å². The molecule has 12 heteroatoms. The highest BCUT2D eigenvalue weighted by molar-refractivity contribution is 6.10. The summed E-state index contributed by atoms with van der Waals surface area (Å²) < 4.78 is 0. The van der Waals surface area contributed by atoms with E-state index in [0.29, 0.717) is 12.1 Å². The first-order chi connectivity index (χ1) is 11.7. The molecule has 0 spiro atoms. The summed E-state index contributed by atoms with van der Waals surface area (Å²) in [6, 6.07) is 6.26. The first-order valence-corrected chi connectivity index (χ1v) is 6.43. The molecule has 0 aliphatic carbocycles. The Labute approximate surface area is 137 Å². The van der Waals surface area contributed by atoms with Crippen molar-refractivity contribution in [2.24, 2.45) is 0 Å². The van der Waals surface area contributed by atoms with Gasteiger partial charge in [0.25, 0.3) is 23.0 Å². The van der Waals surface area contributed by atoms with Gasteiger partial charge in [0.2, 0.25) is 0 Å². The van der Waals surface area contributed by atoms with Crippen molar-refractivity contribution in [3.8, 4) is 5.75 Å². The molecule has 0 aromatic heterocycles. The molecule has 2 aromatic carbocycles. The Morgan fingerprint density at radius 2 is 1.44 bits per heavy atom. The predicted molar refractivity (Wildman–Crippen MR) is 82.5 cm³/mol. The highest BCUT2D eigenvalue weighted by atomic mass is 16.6. The molecule has 2 aromatic rings. The molecular formula is C13H8N4O8. The number of aromatic hydroxyl groups is 1. The number of rotatable bonds is 5. The number of phenols is 1. The fourth-order valence-electron chi connectivity index (χ4n) is 1.99. The summed E-state index contributed by atoms with van der Waals surface area (Å²) in [5.74, 6) is -1.64. The third-order valence-corrected chi connectivity index (χ3v) is 3.07. The van der Waals surface area contributed by atoms with Crippen LogP contribution in [0.2, 0.25) is 0 Å². The third kappa shape index (κ3) is 3.47. The van der Waals surface area contributed by atoms with Crippen molar-refractivity contribution in [1.29, 1.82) is 0 Å². The number of nitrogens with zero attached hydrogens (tertiary/aromatic N) is 3. The van der Waals surface area contributed by atoms with Gasteiger partial charge in [-0.15, -0.1) is 0 Å². The molecule has 1 amide bonds. The van der Waals surface area contributed by atoms with Gasteiger partial charge in [0, 0.05) is 0 Å². The van der Waals surface area contributed by atoms with Crippen LogP contribution in [-0.2, 0) is 0 Å². The number of para-hydroxylation sites is 2. The number of nitrogens with one attached hydrogen (secondary N) is 1. The second-order valence-corrected chi connectivity index (χ2v) is 4.60. The molecule has 0 radical (unpaired) electrons. The van der Waals surface area contributed by atoms with E-state index in [4.69, 9.17) is 0 Å². The van der Waals surface area contributed by atoms with E-state index in [1.165, 1.54) is 24.3 Å². The van der Waals surface area contributed by atoms with Gasteiger partial charge in [-0.3, -0.25) is 35.1 Å². The average Bonchev–Trinajstić information content (AvgIpc) is 2.55. The summed E-state index contributed by atoms with van der Waals surface area (Å²) in [5, 5.41) is 44.8. The molecule has 0 fully saturated rings. The minimum atomic E-state index is -1.27. The van der Waals surface area contributed by atoms with E-state index < -0.39 is 43.3 Å². The van der Waals surface area contributed by atoms with E-state index in [2.05, 4.69) is 5.32 Å². The van der Waals surface area contributed by atoms with Gasteiger partial charge >= 0.3 is 0 Å². The molecule has 128 valence electrons. The summed E-state index contributed by atoms with van der Waals surface area (Å²) >= 11 is 0. The van der Waals surface area contributed by atoms with Gasteiger partial charge in [-0.05, 0) is 12.1 Å². The van der Waals surface area contributed by atoms with Gasteiger partial charge in [0.15, 0.2) is 5.56 Å². The molecule has 0 atom stereocenters. The van der Waals surface area contributed by atoms with Crippen molar-refractivity contribution in [3.05, 3.63) is 72.3 Å². The number of phenolic OH excluding ortho intramolecular Hbond substituents is 1. The number of hydrogen-bond donors (Lipinski definition) is 2. The summed E-state index contributed by atoms with van der Waals surface area (Å²) in [7, 11) is 0. The van der Waals surface area contributed by atoms with Crippen LogP contribution < -0.4 is 5.32 Å². The quantitative estimate of drug-likeness (QED) is 0.469. The van der Waals surface area contributed by atoms with E-state index in [1.54, 1.807) is 0 Å². The van der Waals surface area contributed by atoms with Crippen LogP contribution in [0.3, 0.4) is 0 Å². The van der Waals surface area contributed by atoms with Crippen molar-refractivity contribution < 1.29 is 24.7 Å². The maximum atomic E-state index is 12.3. The fraction of sp³-hybridized carbons (Fsp3) is 0. The van der Waals surface area contributed by atoms with Gasteiger partial charge in [-0.1, -0.05) is 12.1 Å². The van der Waals surface area contributed by atoms with Gasteiger partial charge in [0.1, 0.15) is 5.75 Å². The normalized spacial score (nSPS) is 10.1. The lowest BCUT2D eigenvalue weighted by molar-refractivity contribution is -0.403. The second-order valence-electron chi connectivity index (χ2n) is 4.60. The van der Waals surface area contributed by atoms with Crippen LogP contribution in [-0.4, -0.2) is 25.8 Å². The lowest BCUT2D eigenvalue weighted by atomic mass is 10.1. The topological polar surface area (TPSA) is 179 Å². The number of carbonyl (C=O) groups is 1. The highest BCUT2D eigenvalue weighted by Gasteiger charge is 2.35. The lowest BCUT2D eigenvalue weighted by Crippen LogP contribution is -2.16. The van der Waals surface area contributed by atoms with Crippen LogP contribution >= 0.6 is 0 Å². The highest BCUT2D eigenvalue weighted by Crippen LogP contribution is 2.34. The molecule has 0 saturated heterocycles. The molecule has 0 unspecified atom stereocenters. The minimum Gasteiger partial charge on any atom is -0.506 e. The standard InChI is InChI=1S/C13H8N4O8/c18-11-4-2-1-3-8(11)14-13(19)12-9(16(22)23)5-7(15(20)21)6-10(12)17(24)25/h1-6,18H,(H,14,19). The van der Waals surface area contributed by atoms with E-state index in [-0.39, 0.29) is 11.4 Å². The summed E-state index contributed by atoms with van der Waals surface area (Å²) in [5.41, 5.74) is -4.22. The van der Waals surface area contributed by atoms with Gasteiger partial charge < -0.3 is 10.4 Å². The number of nitro groups is 3. The van der Waals surface area contributed by atoms with E-state index in [1.807, 2.05) is 0 Å². The largest absolute Gasteiger partial charge is 0.506 e. The van der Waals surface area contributed by atoms with E-state index in [0.717, 1.165) is 0 Å². The first-order valence-electron chi connectivity index (χ1n) is 6.43. The molecule has 12 nitrogen and oxygen atoms in total. The van der Waals surface area contributed by atoms with E-state index >= 15 is 0 Å².